The Morgan fingerprint density at radius 3 is 2.23 bits per heavy atom. The molecule has 2 atom stereocenters. The van der Waals surface area contributed by atoms with Crippen molar-refractivity contribution < 1.29 is 18.0 Å². The number of carbonyl (C=O) groups is 1. The van der Waals surface area contributed by atoms with Gasteiger partial charge in [0.25, 0.3) is 0 Å². The molecule has 1 aliphatic rings. The molecule has 122 valence electrons. The van der Waals surface area contributed by atoms with Gasteiger partial charge >= 0.3 is 12.1 Å². The number of hydrogen-bond donors (Lipinski definition) is 0. The van der Waals surface area contributed by atoms with E-state index in [1.54, 1.807) is 37.3 Å². The van der Waals surface area contributed by atoms with Gasteiger partial charge in [-0.05, 0) is 18.9 Å². The minimum absolute atomic E-state index is 0.0257. The van der Waals surface area contributed by atoms with Crippen LogP contribution in [0, 0.1) is 5.41 Å². The van der Waals surface area contributed by atoms with Crippen LogP contribution >= 0.6 is 31.9 Å². The summed E-state index contributed by atoms with van der Waals surface area (Å²) in [6.07, 6.45) is -4.22. The summed E-state index contributed by atoms with van der Waals surface area (Å²) in [5.41, 5.74) is 0.246. The standard InChI is InChI=1S/C15H16Br2F3NO/c1-10(11-6-4-3-5-7-11)21(12(22)15(18,19)20)9-13(2)8-14(13,16)17/h3-7,10H,8-9H2,1-2H3/t10-,13-/m1/s1. The molecule has 0 bridgehead atoms. The van der Waals surface area contributed by atoms with Crippen molar-refractivity contribution in [3.05, 3.63) is 35.9 Å². The molecule has 0 aliphatic heterocycles. The molecule has 0 unspecified atom stereocenters. The predicted octanol–water partition coefficient (Wildman–Crippen LogP) is 5.03. The Kier molecular flexibility index (Phi) is 4.70. The lowest BCUT2D eigenvalue weighted by Gasteiger charge is -2.33. The minimum Gasteiger partial charge on any atom is -0.327 e. The van der Waals surface area contributed by atoms with E-state index in [0.29, 0.717) is 12.0 Å². The van der Waals surface area contributed by atoms with E-state index < -0.39 is 26.8 Å². The van der Waals surface area contributed by atoms with Crippen LogP contribution in [0.1, 0.15) is 31.9 Å². The molecule has 1 saturated carbocycles. The Balaban J connectivity index is 2.28. The van der Waals surface area contributed by atoms with Crippen LogP contribution in [-0.4, -0.2) is 26.8 Å². The second-order valence-corrected chi connectivity index (χ2v) is 9.73. The summed E-state index contributed by atoms with van der Waals surface area (Å²) in [6, 6.07) is 8.10. The highest BCUT2D eigenvalue weighted by molar-refractivity contribution is 9.25. The Morgan fingerprint density at radius 1 is 1.32 bits per heavy atom. The van der Waals surface area contributed by atoms with E-state index in [4.69, 9.17) is 0 Å². The number of amides is 1. The molecule has 22 heavy (non-hydrogen) atoms. The van der Waals surface area contributed by atoms with Crippen LogP contribution < -0.4 is 0 Å². The Morgan fingerprint density at radius 2 is 1.82 bits per heavy atom. The summed E-state index contributed by atoms with van der Waals surface area (Å²) >= 11 is 6.88. The van der Waals surface area contributed by atoms with E-state index >= 15 is 0 Å². The van der Waals surface area contributed by atoms with Crippen LogP contribution in [-0.2, 0) is 4.79 Å². The second-order valence-electron chi connectivity index (χ2n) is 5.96. The van der Waals surface area contributed by atoms with Crippen molar-refractivity contribution >= 4 is 37.8 Å². The normalized spacial score (nSPS) is 24.7. The van der Waals surface area contributed by atoms with E-state index in [0.717, 1.165) is 4.90 Å². The Bertz CT molecular complexity index is 562. The molecule has 0 radical (unpaired) electrons. The van der Waals surface area contributed by atoms with Gasteiger partial charge in [-0.25, -0.2) is 0 Å². The highest BCUT2D eigenvalue weighted by Gasteiger charge is 2.63. The van der Waals surface area contributed by atoms with Gasteiger partial charge in [-0.3, -0.25) is 4.79 Å². The number of benzene rings is 1. The largest absolute Gasteiger partial charge is 0.471 e. The summed E-state index contributed by atoms with van der Waals surface area (Å²) < 4.78 is 38.4. The first-order valence-corrected chi connectivity index (χ1v) is 8.37. The number of rotatable bonds is 4. The summed E-state index contributed by atoms with van der Waals surface area (Å²) in [7, 11) is 0. The van der Waals surface area contributed by atoms with Crippen LogP contribution in [0.4, 0.5) is 13.2 Å². The molecule has 7 heteroatoms. The predicted molar refractivity (Wildman–Crippen MR) is 85.9 cm³/mol. The van der Waals surface area contributed by atoms with Crippen molar-refractivity contribution in [1.29, 1.82) is 0 Å². The Hall–Kier alpha value is -0.560. The number of carbonyl (C=O) groups excluding carboxylic acids is 1. The second kappa shape index (κ2) is 5.82. The summed E-state index contributed by atoms with van der Waals surface area (Å²) in [5, 5.41) is 0. The molecule has 0 spiro atoms. The first kappa shape index (κ1) is 17.8. The molecule has 0 N–H and O–H groups in total. The zero-order chi connectivity index (χ0) is 16.8. The van der Waals surface area contributed by atoms with Crippen molar-refractivity contribution in [3.8, 4) is 0 Å². The maximum absolute atomic E-state index is 12.9. The molecule has 0 heterocycles. The number of alkyl halides is 5. The lowest BCUT2D eigenvalue weighted by atomic mass is 10.0. The number of halogens is 5. The molecule has 0 aromatic heterocycles. The minimum atomic E-state index is -4.88. The van der Waals surface area contributed by atoms with Crippen LogP contribution in [0.3, 0.4) is 0 Å². The molecule has 2 rings (SSSR count). The highest BCUT2D eigenvalue weighted by atomic mass is 79.9. The summed E-state index contributed by atoms with van der Waals surface area (Å²) in [4.78, 5) is 12.8. The smallest absolute Gasteiger partial charge is 0.327 e. The molecule has 1 aromatic rings. The SMILES string of the molecule is C[C@H](c1ccccc1)N(C[C@@]1(C)CC1(Br)Br)C(=O)C(F)(F)F. The third kappa shape index (κ3) is 3.50. The molecule has 1 aromatic carbocycles. The van der Waals surface area contributed by atoms with Crippen LogP contribution in [0.15, 0.2) is 30.3 Å². The fourth-order valence-corrected chi connectivity index (χ4v) is 3.94. The van der Waals surface area contributed by atoms with Crippen molar-refractivity contribution in [2.24, 2.45) is 5.41 Å². The van der Waals surface area contributed by atoms with Crippen LogP contribution in [0.5, 0.6) is 0 Å². The zero-order valence-corrected chi connectivity index (χ0v) is 15.3. The van der Waals surface area contributed by atoms with Crippen LogP contribution in [0.2, 0.25) is 0 Å². The van der Waals surface area contributed by atoms with Crippen LogP contribution in [0.25, 0.3) is 0 Å². The Labute approximate surface area is 144 Å². The monoisotopic (exact) mass is 441 g/mol. The van der Waals surface area contributed by atoms with E-state index in [2.05, 4.69) is 31.9 Å². The van der Waals surface area contributed by atoms with Gasteiger partial charge in [-0.15, -0.1) is 0 Å². The van der Waals surface area contributed by atoms with E-state index in [-0.39, 0.29) is 6.54 Å². The number of hydrogen-bond acceptors (Lipinski definition) is 1. The van der Waals surface area contributed by atoms with Crippen molar-refractivity contribution in [1.82, 2.24) is 4.90 Å². The van der Waals surface area contributed by atoms with Gasteiger partial charge in [-0.1, -0.05) is 69.1 Å². The summed E-state index contributed by atoms with van der Waals surface area (Å²) in [6.45, 7) is 3.50. The maximum Gasteiger partial charge on any atom is 0.471 e. The van der Waals surface area contributed by atoms with E-state index in [1.165, 1.54) is 0 Å². The quantitative estimate of drug-likeness (QED) is 0.598. The van der Waals surface area contributed by atoms with Crippen molar-refractivity contribution in [3.63, 3.8) is 0 Å². The lowest BCUT2D eigenvalue weighted by Crippen LogP contribution is -2.45. The fraction of sp³-hybridized carbons (Fsp3) is 0.533. The van der Waals surface area contributed by atoms with Gasteiger partial charge < -0.3 is 4.90 Å². The molecule has 1 amide bonds. The topological polar surface area (TPSA) is 20.3 Å². The first-order chi connectivity index (χ1) is 9.98. The molecule has 1 fully saturated rings. The fourth-order valence-electron chi connectivity index (χ4n) is 2.45. The van der Waals surface area contributed by atoms with Gasteiger partial charge in [0.2, 0.25) is 0 Å². The van der Waals surface area contributed by atoms with E-state index in [1.807, 2.05) is 6.92 Å². The van der Waals surface area contributed by atoms with Gasteiger partial charge in [0.1, 0.15) is 0 Å². The van der Waals surface area contributed by atoms with Crippen molar-refractivity contribution in [2.75, 3.05) is 6.54 Å². The van der Waals surface area contributed by atoms with Gasteiger partial charge in [0.15, 0.2) is 0 Å². The third-order valence-corrected chi connectivity index (χ3v) is 6.62. The lowest BCUT2D eigenvalue weighted by molar-refractivity contribution is -0.188. The molecule has 2 nitrogen and oxygen atoms in total. The average molecular weight is 443 g/mol. The highest BCUT2D eigenvalue weighted by Crippen LogP contribution is 2.66. The molecule has 1 aliphatic carbocycles. The average Bonchev–Trinajstić information content (AvgIpc) is 2.93. The van der Waals surface area contributed by atoms with Crippen molar-refractivity contribution in [2.45, 2.75) is 35.7 Å². The van der Waals surface area contributed by atoms with E-state index in [9.17, 15) is 18.0 Å². The number of nitrogens with zero attached hydrogens (tertiary/aromatic N) is 1. The molecular weight excluding hydrogens is 427 g/mol. The maximum atomic E-state index is 12.9. The first-order valence-electron chi connectivity index (χ1n) is 6.78. The van der Waals surface area contributed by atoms with Gasteiger partial charge in [-0.2, -0.15) is 13.2 Å². The summed E-state index contributed by atoms with van der Waals surface area (Å²) in [5.74, 6) is -1.80. The molecule has 0 saturated heterocycles. The molecular formula is C15H16Br2F3NO. The third-order valence-electron chi connectivity index (χ3n) is 4.14. The van der Waals surface area contributed by atoms with Gasteiger partial charge in [0, 0.05) is 12.0 Å². The zero-order valence-electron chi connectivity index (χ0n) is 12.1. The van der Waals surface area contributed by atoms with Gasteiger partial charge in [0.05, 0.1) is 9.28 Å².